The Labute approximate surface area is 183 Å². The molecule has 4 rings (SSSR count). The smallest absolute Gasteiger partial charge is 0.216 e. The summed E-state index contributed by atoms with van der Waals surface area (Å²) in [5.41, 5.74) is 2.72. The molecule has 0 radical (unpaired) electrons. The highest BCUT2D eigenvalue weighted by molar-refractivity contribution is 5.79. The zero-order chi connectivity index (χ0) is 21.5. The van der Waals surface area contributed by atoms with E-state index in [9.17, 15) is 0 Å². The molecular formula is C23H31N7O. The number of nitrogens with zero attached hydrogens (tertiary/aromatic N) is 4. The van der Waals surface area contributed by atoms with Crippen LogP contribution < -0.4 is 10.6 Å². The first-order chi connectivity index (χ1) is 15.2. The number of piperidine rings is 1. The van der Waals surface area contributed by atoms with Gasteiger partial charge in [0.15, 0.2) is 11.7 Å². The summed E-state index contributed by atoms with van der Waals surface area (Å²) in [5, 5.41) is 14.1. The van der Waals surface area contributed by atoms with Crippen molar-refractivity contribution in [3.8, 4) is 11.6 Å². The Morgan fingerprint density at radius 1 is 1.26 bits per heavy atom. The molecule has 3 aromatic rings. The van der Waals surface area contributed by atoms with Gasteiger partial charge >= 0.3 is 0 Å². The van der Waals surface area contributed by atoms with Gasteiger partial charge in [-0.1, -0.05) is 29.8 Å². The average Bonchev–Trinajstić information content (AvgIpc) is 3.46. The van der Waals surface area contributed by atoms with Gasteiger partial charge < -0.3 is 15.1 Å². The topological polar surface area (TPSA) is 94.4 Å². The van der Waals surface area contributed by atoms with Gasteiger partial charge in [-0.3, -0.25) is 15.0 Å². The summed E-state index contributed by atoms with van der Waals surface area (Å²) in [4.78, 5) is 11.4. The van der Waals surface area contributed by atoms with Crippen LogP contribution in [0.25, 0.3) is 11.6 Å². The predicted molar refractivity (Wildman–Crippen MR) is 122 cm³/mol. The van der Waals surface area contributed by atoms with E-state index in [1.165, 1.54) is 11.1 Å². The molecule has 1 aromatic carbocycles. The number of benzene rings is 1. The molecular weight excluding hydrogens is 390 g/mol. The number of rotatable bonds is 7. The molecule has 2 aromatic heterocycles. The van der Waals surface area contributed by atoms with Crippen LogP contribution >= 0.6 is 0 Å². The summed E-state index contributed by atoms with van der Waals surface area (Å²) >= 11 is 0. The van der Waals surface area contributed by atoms with E-state index in [0.29, 0.717) is 17.6 Å². The van der Waals surface area contributed by atoms with E-state index < -0.39 is 0 Å². The number of aliphatic imine (C=N–C) groups is 1. The standard InChI is InChI=1S/C23H31N7O/c1-17-5-3-6-18(15-17)16-30-12-9-19(10-13-30)26-23(24-2)25-11-8-21-27-22(29-28-21)20-7-4-14-31-20/h3-7,14-15,19H,8-13,16H2,1-2H3,(H2,24,25,26)(H,27,28,29). The summed E-state index contributed by atoms with van der Waals surface area (Å²) in [6, 6.07) is 12.9. The fourth-order valence-electron chi connectivity index (χ4n) is 3.91. The Bertz CT molecular complexity index is 971. The second kappa shape index (κ2) is 10.3. The summed E-state index contributed by atoms with van der Waals surface area (Å²) in [5.74, 6) is 2.91. The van der Waals surface area contributed by atoms with Crippen LogP contribution in [0.2, 0.25) is 0 Å². The Balaban J connectivity index is 1.18. The SMILES string of the molecule is CN=C(NCCc1nc(-c2ccco2)n[nH]1)NC1CCN(Cc2cccc(C)c2)CC1. The molecule has 8 nitrogen and oxygen atoms in total. The van der Waals surface area contributed by atoms with Crippen LogP contribution in [0.5, 0.6) is 0 Å². The number of hydrogen-bond acceptors (Lipinski definition) is 5. The van der Waals surface area contributed by atoms with Crippen molar-refractivity contribution < 1.29 is 4.42 Å². The van der Waals surface area contributed by atoms with E-state index in [1.54, 1.807) is 6.26 Å². The Hall–Kier alpha value is -3.13. The third-order valence-electron chi connectivity index (χ3n) is 5.57. The fourth-order valence-corrected chi connectivity index (χ4v) is 3.91. The monoisotopic (exact) mass is 421 g/mol. The lowest BCUT2D eigenvalue weighted by atomic mass is 10.0. The minimum absolute atomic E-state index is 0.441. The van der Waals surface area contributed by atoms with Gasteiger partial charge in [0, 0.05) is 45.7 Å². The molecule has 0 aliphatic carbocycles. The largest absolute Gasteiger partial charge is 0.461 e. The zero-order valence-corrected chi connectivity index (χ0v) is 18.3. The Kier molecular flexibility index (Phi) is 6.99. The summed E-state index contributed by atoms with van der Waals surface area (Å²) in [6.45, 7) is 6.09. The van der Waals surface area contributed by atoms with E-state index in [1.807, 2.05) is 19.2 Å². The van der Waals surface area contributed by atoms with Crippen molar-refractivity contribution in [1.29, 1.82) is 0 Å². The molecule has 3 N–H and O–H groups in total. The van der Waals surface area contributed by atoms with Gasteiger partial charge in [-0.25, -0.2) is 4.98 Å². The van der Waals surface area contributed by atoms with Crippen molar-refractivity contribution in [2.75, 3.05) is 26.7 Å². The Morgan fingerprint density at radius 3 is 2.87 bits per heavy atom. The zero-order valence-electron chi connectivity index (χ0n) is 18.3. The highest BCUT2D eigenvalue weighted by Crippen LogP contribution is 2.15. The maximum absolute atomic E-state index is 5.33. The fraction of sp³-hybridized carbons (Fsp3) is 0.435. The Morgan fingerprint density at radius 2 is 2.13 bits per heavy atom. The van der Waals surface area contributed by atoms with E-state index >= 15 is 0 Å². The number of aromatic amines is 1. The number of H-pyrrole nitrogens is 1. The van der Waals surface area contributed by atoms with E-state index in [2.05, 4.69) is 66.9 Å². The number of furan rings is 1. The number of aromatic nitrogens is 3. The van der Waals surface area contributed by atoms with Crippen LogP contribution in [0.15, 0.2) is 52.1 Å². The normalized spacial score (nSPS) is 15.9. The third kappa shape index (κ3) is 5.95. The van der Waals surface area contributed by atoms with E-state index in [-0.39, 0.29) is 0 Å². The third-order valence-corrected chi connectivity index (χ3v) is 5.57. The second-order valence-electron chi connectivity index (χ2n) is 8.02. The molecule has 164 valence electrons. The van der Waals surface area contributed by atoms with Crippen LogP contribution in [-0.4, -0.2) is 58.8 Å². The van der Waals surface area contributed by atoms with Gasteiger partial charge in [0.2, 0.25) is 5.82 Å². The van der Waals surface area contributed by atoms with Gasteiger partial charge in [-0.15, -0.1) is 0 Å². The minimum atomic E-state index is 0.441. The lowest BCUT2D eigenvalue weighted by Gasteiger charge is -2.33. The van der Waals surface area contributed by atoms with Crippen LogP contribution in [0.4, 0.5) is 0 Å². The van der Waals surface area contributed by atoms with Crippen molar-refractivity contribution in [2.24, 2.45) is 4.99 Å². The molecule has 1 aliphatic heterocycles. The number of aryl methyl sites for hydroxylation is 1. The molecule has 0 unspecified atom stereocenters. The predicted octanol–water partition coefficient (Wildman–Crippen LogP) is 2.75. The number of guanidine groups is 1. The van der Waals surface area contributed by atoms with Gasteiger partial charge in [0.1, 0.15) is 5.82 Å². The molecule has 3 heterocycles. The molecule has 0 bridgehead atoms. The maximum Gasteiger partial charge on any atom is 0.216 e. The lowest BCUT2D eigenvalue weighted by Crippen LogP contribution is -2.48. The second-order valence-corrected chi connectivity index (χ2v) is 8.02. The highest BCUT2D eigenvalue weighted by Gasteiger charge is 2.20. The van der Waals surface area contributed by atoms with Crippen LogP contribution in [0, 0.1) is 6.92 Å². The van der Waals surface area contributed by atoms with Crippen molar-refractivity contribution >= 4 is 5.96 Å². The summed E-state index contributed by atoms with van der Waals surface area (Å²) < 4.78 is 5.33. The molecule has 0 amide bonds. The summed E-state index contributed by atoms with van der Waals surface area (Å²) in [6.07, 6.45) is 4.57. The first kappa shape index (κ1) is 21.1. The molecule has 0 atom stereocenters. The first-order valence-electron chi connectivity index (χ1n) is 10.9. The molecule has 1 aliphatic rings. The molecule has 1 fully saturated rings. The van der Waals surface area contributed by atoms with Gasteiger partial charge in [0.25, 0.3) is 0 Å². The van der Waals surface area contributed by atoms with E-state index in [4.69, 9.17) is 4.42 Å². The van der Waals surface area contributed by atoms with Crippen molar-refractivity contribution in [3.05, 3.63) is 59.6 Å². The molecule has 1 saturated heterocycles. The number of hydrogen-bond donors (Lipinski definition) is 3. The lowest BCUT2D eigenvalue weighted by molar-refractivity contribution is 0.198. The number of likely N-dealkylation sites (tertiary alicyclic amines) is 1. The van der Waals surface area contributed by atoms with Gasteiger partial charge in [-0.05, 0) is 37.5 Å². The minimum Gasteiger partial charge on any atom is -0.461 e. The van der Waals surface area contributed by atoms with Crippen molar-refractivity contribution in [3.63, 3.8) is 0 Å². The molecule has 0 spiro atoms. The maximum atomic E-state index is 5.33. The van der Waals surface area contributed by atoms with Crippen molar-refractivity contribution in [1.82, 2.24) is 30.7 Å². The van der Waals surface area contributed by atoms with Crippen LogP contribution in [0.1, 0.15) is 29.8 Å². The quantitative estimate of drug-likeness (QED) is 0.401. The summed E-state index contributed by atoms with van der Waals surface area (Å²) in [7, 11) is 1.81. The van der Waals surface area contributed by atoms with Crippen molar-refractivity contribution in [2.45, 2.75) is 38.8 Å². The van der Waals surface area contributed by atoms with Gasteiger partial charge in [-0.2, -0.15) is 5.10 Å². The molecule has 8 heteroatoms. The number of nitrogens with one attached hydrogen (secondary N) is 3. The average molecular weight is 422 g/mol. The van der Waals surface area contributed by atoms with Gasteiger partial charge in [0.05, 0.1) is 6.26 Å². The van der Waals surface area contributed by atoms with E-state index in [0.717, 1.165) is 57.2 Å². The van der Waals surface area contributed by atoms with Crippen LogP contribution in [0.3, 0.4) is 0 Å². The molecule has 0 saturated carbocycles. The first-order valence-corrected chi connectivity index (χ1v) is 10.9. The molecule has 31 heavy (non-hydrogen) atoms. The van der Waals surface area contributed by atoms with Crippen LogP contribution in [-0.2, 0) is 13.0 Å². The highest BCUT2D eigenvalue weighted by atomic mass is 16.3.